The van der Waals surface area contributed by atoms with E-state index in [0.717, 1.165) is 53.6 Å². The van der Waals surface area contributed by atoms with E-state index < -0.39 is 0 Å². The molecule has 4 heteroatoms. The Bertz CT molecular complexity index is 825. The van der Waals surface area contributed by atoms with E-state index in [1.54, 1.807) is 4.90 Å². The summed E-state index contributed by atoms with van der Waals surface area (Å²) in [5.41, 5.74) is 4.97. The summed E-state index contributed by atoms with van der Waals surface area (Å²) >= 11 is 6.51. The van der Waals surface area contributed by atoms with Crippen molar-refractivity contribution >= 4 is 29.5 Å². The Morgan fingerprint density at radius 1 is 1.12 bits per heavy atom. The molecule has 130 valence electrons. The Kier molecular flexibility index (Phi) is 5.24. The fraction of sp³-hybridized carbons (Fsp3) is 0.333. The van der Waals surface area contributed by atoms with E-state index in [4.69, 9.17) is 16.6 Å². The number of benzene rings is 2. The van der Waals surface area contributed by atoms with Gasteiger partial charge < -0.3 is 0 Å². The molecule has 1 fully saturated rings. The molecule has 1 saturated carbocycles. The zero-order valence-electron chi connectivity index (χ0n) is 14.9. The molecule has 3 nitrogen and oxygen atoms in total. The van der Waals surface area contributed by atoms with Gasteiger partial charge in [-0.25, -0.2) is 4.99 Å². The number of halogens is 1. The Balaban J connectivity index is 2.15. The first-order chi connectivity index (χ1) is 12.0. The van der Waals surface area contributed by atoms with Gasteiger partial charge in [0.2, 0.25) is 6.41 Å². The minimum Gasteiger partial charge on any atom is -0.296 e. The van der Waals surface area contributed by atoms with Crippen LogP contribution in [0, 0.1) is 20.8 Å². The van der Waals surface area contributed by atoms with Crippen molar-refractivity contribution in [3.63, 3.8) is 0 Å². The molecular weight excluding hydrogens is 332 g/mol. The van der Waals surface area contributed by atoms with Gasteiger partial charge in [0, 0.05) is 11.6 Å². The van der Waals surface area contributed by atoms with E-state index in [9.17, 15) is 4.79 Å². The second kappa shape index (κ2) is 7.40. The topological polar surface area (TPSA) is 32.7 Å². The van der Waals surface area contributed by atoms with Gasteiger partial charge in [-0.2, -0.15) is 0 Å². The predicted octanol–water partition coefficient (Wildman–Crippen LogP) is 5.35. The van der Waals surface area contributed by atoms with Crippen molar-refractivity contribution in [2.24, 2.45) is 4.99 Å². The van der Waals surface area contributed by atoms with Gasteiger partial charge >= 0.3 is 0 Å². The van der Waals surface area contributed by atoms with E-state index >= 15 is 0 Å². The summed E-state index contributed by atoms with van der Waals surface area (Å²) in [6.07, 6.45) is 4.06. The van der Waals surface area contributed by atoms with Crippen molar-refractivity contribution in [2.75, 3.05) is 0 Å². The van der Waals surface area contributed by atoms with Gasteiger partial charge in [-0.05, 0) is 74.9 Å². The van der Waals surface area contributed by atoms with Crippen LogP contribution in [-0.4, -0.2) is 23.2 Å². The van der Waals surface area contributed by atoms with Crippen molar-refractivity contribution in [1.29, 1.82) is 0 Å². The quantitative estimate of drug-likeness (QED) is 0.413. The molecule has 0 aromatic heterocycles. The Hall–Kier alpha value is -2.13. The van der Waals surface area contributed by atoms with Crippen LogP contribution in [0.3, 0.4) is 0 Å². The number of aliphatic imine (C=N–C) groups is 1. The number of aryl methyl sites for hydroxylation is 3. The molecule has 1 aliphatic rings. The summed E-state index contributed by atoms with van der Waals surface area (Å²) in [4.78, 5) is 18.5. The van der Waals surface area contributed by atoms with Crippen molar-refractivity contribution in [3.05, 3.63) is 63.7 Å². The van der Waals surface area contributed by atoms with Gasteiger partial charge in [-0.3, -0.25) is 9.69 Å². The molecule has 0 heterocycles. The average Bonchev–Trinajstić information content (AvgIpc) is 2.52. The minimum absolute atomic E-state index is 0.207. The number of carbonyl (C=O) groups excluding carboxylic acids is 1. The molecule has 0 atom stereocenters. The number of carbonyl (C=O) groups is 1. The van der Waals surface area contributed by atoms with Crippen LogP contribution in [0.4, 0.5) is 5.69 Å². The smallest absolute Gasteiger partial charge is 0.215 e. The molecule has 1 amide bonds. The highest BCUT2D eigenvalue weighted by atomic mass is 35.5. The number of rotatable bonds is 4. The number of nitrogens with zero attached hydrogens (tertiary/aromatic N) is 2. The third kappa shape index (κ3) is 3.77. The molecule has 0 unspecified atom stereocenters. The highest BCUT2D eigenvalue weighted by Gasteiger charge is 2.29. The first-order valence-electron chi connectivity index (χ1n) is 8.65. The van der Waals surface area contributed by atoms with E-state index in [-0.39, 0.29) is 6.04 Å². The Morgan fingerprint density at radius 2 is 1.80 bits per heavy atom. The van der Waals surface area contributed by atoms with Crippen LogP contribution in [-0.2, 0) is 4.79 Å². The standard InChI is InChI=1S/C21H23ClN2O/c1-14-8-10-18(19(22)11-14)21(24(13-25)17-5-4-6-17)23-20-12-15(2)7-9-16(20)3/h7-13,17H,4-6H2,1-3H3/b23-21-. The Labute approximate surface area is 154 Å². The van der Waals surface area contributed by atoms with Gasteiger partial charge in [-0.1, -0.05) is 29.8 Å². The van der Waals surface area contributed by atoms with Crippen molar-refractivity contribution in [1.82, 2.24) is 4.90 Å². The predicted molar refractivity (Wildman–Crippen MR) is 104 cm³/mol. The third-order valence-electron chi connectivity index (χ3n) is 4.78. The average molecular weight is 355 g/mol. The lowest BCUT2D eigenvalue weighted by atomic mass is 9.91. The lowest BCUT2D eigenvalue weighted by molar-refractivity contribution is -0.117. The second-order valence-electron chi connectivity index (χ2n) is 6.81. The molecule has 25 heavy (non-hydrogen) atoms. The van der Waals surface area contributed by atoms with Crippen molar-refractivity contribution in [3.8, 4) is 0 Å². The van der Waals surface area contributed by atoms with Crippen LogP contribution in [0.15, 0.2) is 41.4 Å². The second-order valence-corrected chi connectivity index (χ2v) is 7.21. The monoisotopic (exact) mass is 354 g/mol. The van der Waals surface area contributed by atoms with Gasteiger partial charge in [-0.15, -0.1) is 0 Å². The highest BCUT2D eigenvalue weighted by Crippen LogP contribution is 2.30. The summed E-state index contributed by atoms with van der Waals surface area (Å²) in [5, 5.41) is 0.621. The van der Waals surface area contributed by atoms with Crippen LogP contribution in [0.25, 0.3) is 0 Å². The van der Waals surface area contributed by atoms with Crippen molar-refractivity contribution < 1.29 is 4.79 Å². The lowest BCUT2D eigenvalue weighted by Gasteiger charge is -2.35. The third-order valence-corrected chi connectivity index (χ3v) is 5.10. The van der Waals surface area contributed by atoms with Gasteiger partial charge in [0.15, 0.2) is 0 Å². The normalized spacial score (nSPS) is 15.0. The van der Waals surface area contributed by atoms with E-state index in [1.807, 2.05) is 45.0 Å². The Morgan fingerprint density at radius 3 is 2.40 bits per heavy atom. The molecule has 0 saturated heterocycles. The van der Waals surface area contributed by atoms with Crippen molar-refractivity contribution in [2.45, 2.75) is 46.1 Å². The zero-order chi connectivity index (χ0) is 18.0. The van der Waals surface area contributed by atoms with Crippen LogP contribution >= 0.6 is 11.6 Å². The van der Waals surface area contributed by atoms with Crippen LogP contribution < -0.4 is 0 Å². The summed E-state index contributed by atoms with van der Waals surface area (Å²) in [7, 11) is 0. The number of amides is 1. The lowest BCUT2D eigenvalue weighted by Crippen LogP contribution is -2.43. The molecule has 3 rings (SSSR count). The number of hydrogen-bond acceptors (Lipinski definition) is 2. The molecular formula is C21H23ClN2O. The highest BCUT2D eigenvalue weighted by molar-refractivity contribution is 6.34. The summed E-state index contributed by atoms with van der Waals surface area (Å²) in [6, 6.07) is 12.2. The summed E-state index contributed by atoms with van der Waals surface area (Å²) < 4.78 is 0. The molecule has 0 aliphatic heterocycles. The first kappa shape index (κ1) is 17.7. The van der Waals surface area contributed by atoms with E-state index in [0.29, 0.717) is 10.9 Å². The van der Waals surface area contributed by atoms with E-state index in [1.165, 1.54) is 0 Å². The minimum atomic E-state index is 0.207. The maximum atomic E-state index is 11.9. The fourth-order valence-electron chi connectivity index (χ4n) is 2.99. The molecule has 0 radical (unpaired) electrons. The molecule has 2 aromatic carbocycles. The van der Waals surface area contributed by atoms with Gasteiger partial charge in [0.25, 0.3) is 0 Å². The molecule has 0 N–H and O–H groups in total. The van der Waals surface area contributed by atoms with Crippen LogP contribution in [0.1, 0.15) is 41.5 Å². The maximum Gasteiger partial charge on any atom is 0.215 e. The number of hydrogen-bond donors (Lipinski definition) is 0. The molecule has 0 spiro atoms. The van der Waals surface area contributed by atoms with Gasteiger partial charge in [0.05, 0.1) is 10.7 Å². The molecule has 1 aliphatic carbocycles. The first-order valence-corrected chi connectivity index (χ1v) is 9.03. The van der Waals surface area contributed by atoms with Crippen LogP contribution in [0.5, 0.6) is 0 Å². The summed E-state index contributed by atoms with van der Waals surface area (Å²) in [5.74, 6) is 0.637. The SMILES string of the molecule is Cc1ccc(/C(=N/c2cc(C)ccc2C)N(C=O)C2CCC2)c(Cl)c1. The van der Waals surface area contributed by atoms with E-state index in [2.05, 4.69) is 12.1 Å². The maximum absolute atomic E-state index is 11.9. The molecule has 0 bridgehead atoms. The zero-order valence-corrected chi connectivity index (χ0v) is 15.7. The largest absolute Gasteiger partial charge is 0.296 e. The van der Waals surface area contributed by atoms with Crippen LogP contribution in [0.2, 0.25) is 5.02 Å². The fourth-order valence-corrected chi connectivity index (χ4v) is 3.31. The summed E-state index contributed by atoms with van der Waals surface area (Å²) in [6.45, 7) is 6.07. The molecule has 2 aromatic rings. The number of amidine groups is 1. The van der Waals surface area contributed by atoms with Gasteiger partial charge in [0.1, 0.15) is 5.84 Å².